The molecule has 0 atom stereocenters. The topological polar surface area (TPSA) is 111 Å². The van der Waals surface area contributed by atoms with Crippen molar-refractivity contribution in [2.45, 2.75) is 0 Å². The van der Waals surface area contributed by atoms with Gasteiger partial charge in [-0.2, -0.15) is 0 Å². The average molecular weight is 332 g/mol. The number of ether oxygens (including phenoxy) is 4. The van der Waals surface area contributed by atoms with E-state index in [4.69, 9.17) is 36.1 Å². The van der Waals surface area contributed by atoms with Crippen molar-refractivity contribution in [2.24, 2.45) is 5.11 Å². The SMILES string of the molecule is [N-]=[N+]=NCCOCCOCCOCCOc1cc(Cl)ncn1. The molecule has 0 fully saturated rings. The second kappa shape index (κ2) is 13.1. The Morgan fingerprint density at radius 1 is 1.00 bits per heavy atom. The molecular formula is C12H18ClN5O4. The van der Waals surface area contributed by atoms with Gasteiger partial charge in [0.1, 0.15) is 18.1 Å². The predicted molar refractivity (Wildman–Crippen MR) is 79.0 cm³/mol. The molecule has 0 radical (unpaired) electrons. The van der Waals surface area contributed by atoms with E-state index >= 15 is 0 Å². The second-order valence-corrected chi connectivity index (χ2v) is 4.21. The molecule has 0 amide bonds. The van der Waals surface area contributed by atoms with Gasteiger partial charge < -0.3 is 18.9 Å². The van der Waals surface area contributed by atoms with Gasteiger partial charge in [0, 0.05) is 17.5 Å². The van der Waals surface area contributed by atoms with Crippen molar-refractivity contribution >= 4 is 11.6 Å². The van der Waals surface area contributed by atoms with Crippen molar-refractivity contribution < 1.29 is 18.9 Å². The van der Waals surface area contributed by atoms with Gasteiger partial charge in [-0.1, -0.05) is 16.7 Å². The summed E-state index contributed by atoms with van der Waals surface area (Å²) >= 11 is 5.69. The Hall–Kier alpha value is -1.64. The van der Waals surface area contributed by atoms with Crippen molar-refractivity contribution in [1.82, 2.24) is 9.97 Å². The quantitative estimate of drug-likeness (QED) is 0.179. The highest BCUT2D eigenvalue weighted by molar-refractivity contribution is 6.29. The van der Waals surface area contributed by atoms with Crippen LogP contribution in [-0.2, 0) is 14.2 Å². The number of hydrogen-bond acceptors (Lipinski definition) is 7. The van der Waals surface area contributed by atoms with E-state index in [0.717, 1.165) is 0 Å². The molecule has 0 N–H and O–H groups in total. The van der Waals surface area contributed by atoms with E-state index in [1.54, 1.807) is 0 Å². The Morgan fingerprint density at radius 3 is 2.27 bits per heavy atom. The first kappa shape index (κ1) is 18.4. The highest BCUT2D eigenvalue weighted by Gasteiger charge is 1.97. The lowest BCUT2D eigenvalue weighted by atomic mass is 10.6. The van der Waals surface area contributed by atoms with Crippen LogP contribution in [0.15, 0.2) is 17.5 Å². The van der Waals surface area contributed by atoms with E-state index in [1.807, 2.05) is 0 Å². The zero-order chi connectivity index (χ0) is 15.9. The van der Waals surface area contributed by atoms with E-state index in [2.05, 4.69) is 20.0 Å². The fourth-order valence-electron chi connectivity index (χ4n) is 1.29. The zero-order valence-corrected chi connectivity index (χ0v) is 12.8. The number of halogens is 1. The summed E-state index contributed by atoms with van der Waals surface area (Å²) in [5, 5.41) is 3.68. The van der Waals surface area contributed by atoms with Crippen LogP contribution in [-0.4, -0.2) is 62.8 Å². The molecule has 0 aromatic carbocycles. The molecule has 0 saturated carbocycles. The Kier molecular flexibility index (Phi) is 10.9. The Labute approximate surface area is 133 Å². The lowest BCUT2D eigenvalue weighted by Gasteiger charge is -2.07. The van der Waals surface area contributed by atoms with E-state index in [1.165, 1.54) is 12.4 Å². The summed E-state index contributed by atoms with van der Waals surface area (Å²) in [6.07, 6.45) is 1.33. The van der Waals surface area contributed by atoms with Crippen molar-refractivity contribution in [1.29, 1.82) is 0 Å². The molecule has 0 spiro atoms. The Bertz CT molecular complexity index is 459. The third-order valence-corrected chi connectivity index (χ3v) is 2.44. The minimum atomic E-state index is 0.331. The van der Waals surface area contributed by atoms with Crippen LogP contribution < -0.4 is 4.74 Å². The van der Waals surface area contributed by atoms with Crippen LogP contribution in [0, 0.1) is 0 Å². The highest BCUT2D eigenvalue weighted by atomic mass is 35.5. The first-order chi connectivity index (χ1) is 10.8. The molecule has 0 saturated heterocycles. The molecule has 22 heavy (non-hydrogen) atoms. The smallest absolute Gasteiger partial charge is 0.217 e. The van der Waals surface area contributed by atoms with Crippen LogP contribution in [0.4, 0.5) is 0 Å². The number of nitrogens with zero attached hydrogens (tertiary/aromatic N) is 5. The van der Waals surface area contributed by atoms with Gasteiger partial charge in [-0.3, -0.25) is 0 Å². The molecule has 1 aromatic rings. The summed E-state index contributed by atoms with van der Waals surface area (Å²) in [5.74, 6) is 0.415. The molecule has 0 unspecified atom stereocenters. The summed E-state index contributed by atoms with van der Waals surface area (Å²) in [7, 11) is 0. The predicted octanol–water partition coefficient (Wildman–Crippen LogP) is 1.87. The molecule has 0 aliphatic carbocycles. The number of azide groups is 1. The first-order valence-corrected chi connectivity index (χ1v) is 7.05. The normalized spacial score (nSPS) is 10.2. The molecule has 0 aliphatic heterocycles. The van der Waals surface area contributed by atoms with Crippen LogP contribution in [0.1, 0.15) is 0 Å². The molecule has 0 aliphatic rings. The van der Waals surface area contributed by atoms with Gasteiger partial charge in [-0.25, -0.2) is 9.97 Å². The Balaban J connectivity index is 1.83. The monoisotopic (exact) mass is 331 g/mol. The van der Waals surface area contributed by atoms with Crippen molar-refractivity contribution in [3.05, 3.63) is 28.0 Å². The third kappa shape index (κ3) is 10.1. The molecule has 1 heterocycles. The lowest BCUT2D eigenvalue weighted by molar-refractivity contribution is 0.0103. The van der Waals surface area contributed by atoms with Crippen LogP contribution in [0.3, 0.4) is 0 Å². The fourth-order valence-corrected chi connectivity index (χ4v) is 1.43. The minimum Gasteiger partial charge on any atom is -0.475 e. The number of hydrogen-bond donors (Lipinski definition) is 0. The Morgan fingerprint density at radius 2 is 1.64 bits per heavy atom. The van der Waals surface area contributed by atoms with Gasteiger partial charge in [0.15, 0.2) is 0 Å². The summed E-state index contributed by atoms with van der Waals surface area (Å²) in [4.78, 5) is 10.3. The van der Waals surface area contributed by atoms with E-state index in [-0.39, 0.29) is 0 Å². The van der Waals surface area contributed by atoms with Crippen LogP contribution in [0.2, 0.25) is 5.15 Å². The summed E-state index contributed by atoms with van der Waals surface area (Å²) < 4.78 is 21.1. The molecule has 1 aromatic heterocycles. The maximum atomic E-state index is 8.05. The van der Waals surface area contributed by atoms with Crippen molar-refractivity contribution in [3.8, 4) is 5.88 Å². The maximum absolute atomic E-state index is 8.05. The van der Waals surface area contributed by atoms with Gasteiger partial charge in [-0.05, 0) is 5.53 Å². The molecule has 10 heteroatoms. The second-order valence-electron chi connectivity index (χ2n) is 3.82. The standard InChI is InChI=1S/C12H18ClN5O4/c13-11-9-12(16-10-15-11)22-8-7-21-6-5-20-4-3-19-2-1-17-18-14/h9-10H,1-8H2. The van der Waals surface area contributed by atoms with E-state index < -0.39 is 0 Å². The number of rotatable bonds is 13. The first-order valence-electron chi connectivity index (χ1n) is 6.67. The maximum Gasteiger partial charge on any atom is 0.217 e. The van der Waals surface area contributed by atoms with Crippen molar-refractivity contribution in [2.75, 3.05) is 52.8 Å². The van der Waals surface area contributed by atoms with E-state index in [9.17, 15) is 0 Å². The van der Waals surface area contributed by atoms with Crippen molar-refractivity contribution in [3.63, 3.8) is 0 Å². The largest absolute Gasteiger partial charge is 0.475 e. The highest BCUT2D eigenvalue weighted by Crippen LogP contribution is 2.10. The molecule has 122 valence electrons. The molecule has 1 rings (SSSR count). The lowest BCUT2D eigenvalue weighted by Crippen LogP contribution is -2.13. The van der Waals surface area contributed by atoms with Gasteiger partial charge in [-0.15, -0.1) is 0 Å². The molecule has 0 bridgehead atoms. The van der Waals surface area contributed by atoms with Gasteiger partial charge in [0.05, 0.1) is 39.6 Å². The zero-order valence-electron chi connectivity index (χ0n) is 12.1. The summed E-state index contributed by atoms with van der Waals surface area (Å²) in [6.45, 7) is 3.38. The molecule has 9 nitrogen and oxygen atoms in total. The van der Waals surface area contributed by atoms with Crippen LogP contribution in [0.5, 0.6) is 5.88 Å². The number of aromatic nitrogens is 2. The van der Waals surface area contributed by atoms with Gasteiger partial charge >= 0.3 is 0 Å². The van der Waals surface area contributed by atoms with Crippen LogP contribution >= 0.6 is 11.6 Å². The summed E-state index contributed by atoms with van der Waals surface area (Å²) in [5.41, 5.74) is 8.05. The molecular weight excluding hydrogens is 314 g/mol. The van der Waals surface area contributed by atoms with Gasteiger partial charge in [0.25, 0.3) is 0 Å². The minimum absolute atomic E-state index is 0.331. The van der Waals surface area contributed by atoms with Crippen LogP contribution in [0.25, 0.3) is 10.4 Å². The van der Waals surface area contributed by atoms with E-state index in [0.29, 0.717) is 63.8 Å². The average Bonchev–Trinajstić information content (AvgIpc) is 2.52. The third-order valence-electron chi connectivity index (χ3n) is 2.23. The van der Waals surface area contributed by atoms with Gasteiger partial charge in [0.2, 0.25) is 5.88 Å². The summed E-state index contributed by atoms with van der Waals surface area (Å²) in [6, 6.07) is 1.53. The fraction of sp³-hybridized carbons (Fsp3) is 0.667.